The van der Waals surface area contributed by atoms with Crippen LogP contribution in [0.5, 0.6) is 5.75 Å². The molecular formula is C11H14N4O. The lowest BCUT2D eigenvalue weighted by Crippen LogP contribution is -2.13. The number of aryl methyl sites for hydroxylation is 1. The van der Waals surface area contributed by atoms with Crippen LogP contribution >= 0.6 is 0 Å². The summed E-state index contributed by atoms with van der Waals surface area (Å²) >= 11 is 0. The van der Waals surface area contributed by atoms with Crippen LogP contribution in [0.3, 0.4) is 0 Å². The monoisotopic (exact) mass is 218 g/mol. The SMILES string of the molecule is Cn1cnc(CNCc2ccc(O)cc2)n1. The summed E-state index contributed by atoms with van der Waals surface area (Å²) in [7, 11) is 1.84. The van der Waals surface area contributed by atoms with Gasteiger partial charge in [-0.05, 0) is 17.7 Å². The molecule has 0 aliphatic heterocycles. The Balaban J connectivity index is 1.82. The van der Waals surface area contributed by atoms with Gasteiger partial charge in [0.1, 0.15) is 12.1 Å². The van der Waals surface area contributed by atoms with Gasteiger partial charge in [0, 0.05) is 13.6 Å². The van der Waals surface area contributed by atoms with Gasteiger partial charge in [0.25, 0.3) is 0 Å². The number of nitrogens with one attached hydrogen (secondary N) is 1. The molecule has 5 nitrogen and oxygen atoms in total. The molecule has 5 heteroatoms. The summed E-state index contributed by atoms with van der Waals surface area (Å²) in [4.78, 5) is 4.11. The van der Waals surface area contributed by atoms with Crippen molar-refractivity contribution in [1.29, 1.82) is 0 Å². The van der Waals surface area contributed by atoms with E-state index in [4.69, 9.17) is 5.11 Å². The molecule has 0 radical (unpaired) electrons. The first-order chi connectivity index (χ1) is 7.74. The van der Waals surface area contributed by atoms with E-state index in [2.05, 4.69) is 15.4 Å². The Morgan fingerprint density at radius 1 is 1.25 bits per heavy atom. The van der Waals surface area contributed by atoms with E-state index < -0.39 is 0 Å². The highest BCUT2D eigenvalue weighted by atomic mass is 16.3. The Labute approximate surface area is 93.8 Å². The molecule has 1 heterocycles. The second-order valence-corrected chi connectivity index (χ2v) is 3.60. The maximum Gasteiger partial charge on any atom is 0.164 e. The van der Waals surface area contributed by atoms with Crippen LogP contribution < -0.4 is 5.32 Å². The van der Waals surface area contributed by atoms with Gasteiger partial charge < -0.3 is 10.4 Å². The molecule has 0 aliphatic rings. The zero-order valence-electron chi connectivity index (χ0n) is 9.09. The summed E-state index contributed by atoms with van der Waals surface area (Å²) < 4.78 is 1.68. The molecule has 0 amide bonds. The first-order valence-corrected chi connectivity index (χ1v) is 5.07. The fourth-order valence-electron chi connectivity index (χ4n) is 1.40. The second-order valence-electron chi connectivity index (χ2n) is 3.60. The third kappa shape index (κ3) is 2.80. The number of rotatable bonds is 4. The van der Waals surface area contributed by atoms with E-state index in [1.165, 1.54) is 0 Å². The summed E-state index contributed by atoms with van der Waals surface area (Å²) in [5.74, 6) is 1.07. The minimum Gasteiger partial charge on any atom is -0.508 e. The van der Waals surface area contributed by atoms with Crippen molar-refractivity contribution in [3.63, 3.8) is 0 Å². The molecule has 2 aromatic rings. The van der Waals surface area contributed by atoms with Gasteiger partial charge in [-0.25, -0.2) is 4.98 Å². The second kappa shape index (κ2) is 4.76. The number of aromatic nitrogens is 3. The lowest BCUT2D eigenvalue weighted by molar-refractivity contribution is 0.475. The number of hydrogen-bond acceptors (Lipinski definition) is 4. The first-order valence-electron chi connectivity index (χ1n) is 5.07. The molecular weight excluding hydrogens is 204 g/mol. The van der Waals surface area contributed by atoms with Crippen molar-refractivity contribution in [2.45, 2.75) is 13.1 Å². The standard InChI is InChI=1S/C11H14N4O/c1-15-8-13-11(14-15)7-12-6-9-2-4-10(16)5-3-9/h2-5,8,12,16H,6-7H2,1H3. The molecule has 0 saturated carbocycles. The smallest absolute Gasteiger partial charge is 0.164 e. The summed E-state index contributed by atoms with van der Waals surface area (Å²) in [5.41, 5.74) is 1.12. The molecule has 84 valence electrons. The molecule has 1 aromatic carbocycles. The lowest BCUT2D eigenvalue weighted by Gasteiger charge is -2.02. The maximum atomic E-state index is 9.12. The summed E-state index contributed by atoms with van der Waals surface area (Å²) in [6.45, 7) is 1.38. The van der Waals surface area contributed by atoms with Crippen molar-refractivity contribution in [1.82, 2.24) is 20.1 Å². The van der Waals surface area contributed by atoms with E-state index in [0.717, 1.165) is 17.9 Å². The van der Waals surface area contributed by atoms with E-state index >= 15 is 0 Å². The van der Waals surface area contributed by atoms with Crippen molar-refractivity contribution < 1.29 is 5.11 Å². The first kappa shape index (κ1) is 10.6. The molecule has 0 fully saturated rings. The van der Waals surface area contributed by atoms with Crippen molar-refractivity contribution in [2.75, 3.05) is 0 Å². The Hall–Kier alpha value is -1.88. The minimum atomic E-state index is 0.287. The zero-order chi connectivity index (χ0) is 11.4. The third-order valence-corrected chi connectivity index (χ3v) is 2.20. The van der Waals surface area contributed by atoms with Crippen LogP contribution in [0.4, 0.5) is 0 Å². The highest BCUT2D eigenvalue weighted by Crippen LogP contribution is 2.09. The fraction of sp³-hybridized carbons (Fsp3) is 0.273. The number of benzene rings is 1. The average Bonchev–Trinajstić information content (AvgIpc) is 2.67. The number of nitrogens with zero attached hydrogens (tertiary/aromatic N) is 3. The Bertz CT molecular complexity index is 449. The van der Waals surface area contributed by atoms with Crippen LogP contribution in [0, 0.1) is 0 Å². The molecule has 16 heavy (non-hydrogen) atoms. The van der Waals surface area contributed by atoms with Crippen LogP contribution in [0.15, 0.2) is 30.6 Å². The van der Waals surface area contributed by atoms with Gasteiger partial charge in [-0.15, -0.1) is 0 Å². The van der Waals surface area contributed by atoms with Gasteiger partial charge in [0.05, 0.1) is 6.54 Å². The summed E-state index contributed by atoms with van der Waals surface area (Å²) in [5, 5.41) is 16.5. The Kier molecular flexibility index (Phi) is 3.16. The Morgan fingerprint density at radius 2 is 2.00 bits per heavy atom. The van der Waals surface area contributed by atoms with Gasteiger partial charge in [-0.1, -0.05) is 12.1 Å². The quantitative estimate of drug-likeness (QED) is 0.797. The van der Waals surface area contributed by atoms with E-state index in [1.807, 2.05) is 19.2 Å². The molecule has 0 spiro atoms. The average molecular weight is 218 g/mol. The van der Waals surface area contributed by atoms with E-state index in [0.29, 0.717) is 6.54 Å². The van der Waals surface area contributed by atoms with E-state index in [-0.39, 0.29) is 5.75 Å². The lowest BCUT2D eigenvalue weighted by atomic mass is 10.2. The van der Waals surface area contributed by atoms with Crippen molar-refractivity contribution >= 4 is 0 Å². The van der Waals surface area contributed by atoms with Crippen LogP contribution in [0.1, 0.15) is 11.4 Å². The maximum absolute atomic E-state index is 9.12. The van der Waals surface area contributed by atoms with Gasteiger partial charge >= 0.3 is 0 Å². The fourth-order valence-corrected chi connectivity index (χ4v) is 1.40. The van der Waals surface area contributed by atoms with Crippen molar-refractivity contribution in [2.24, 2.45) is 7.05 Å². The van der Waals surface area contributed by atoms with Crippen LogP contribution in [0.2, 0.25) is 0 Å². The van der Waals surface area contributed by atoms with Crippen LogP contribution in [0.25, 0.3) is 0 Å². The molecule has 0 saturated heterocycles. The predicted molar refractivity (Wildman–Crippen MR) is 59.7 cm³/mol. The van der Waals surface area contributed by atoms with Crippen LogP contribution in [-0.4, -0.2) is 19.9 Å². The number of hydrogen-bond donors (Lipinski definition) is 2. The summed E-state index contributed by atoms with van der Waals surface area (Å²) in [6, 6.07) is 7.12. The van der Waals surface area contributed by atoms with Crippen molar-refractivity contribution in [3.8, 4) is 5.75 Å². The normalized spacial score (nSPS) is 10.6. The van der Waals surface area contributed by atoms with Gasteiger partial charge in [0.15, 0.2) is 5.82 Å². The van der Waals surface area contributed by atoms with E-state index in [9.17, 15) is 0 Å². The van der Waals surface area contributed by atoms with Crippen LogP contribution in [-0.2, 0) is 20.1 Å². The van der Waals surface area contributed by atoms with Gasteiger partial charge in [-0.3, -0.25) is 4.68 Å². The molecule has 2 N–H and O–H groups in total. The molecule has 0 unspecified atom stereocenters. The zero-order valence-corrected chi connectivity index (χ0v) is 9.09. The minimum absolute atomic E-state index is 0.287. The van der Waals surface area contributed by atoms with Gasteiger partial charge in [0.2, 0.25) is 0 Å². The van der Waals surface area contributed by atoms with Gasteiger partial charge in [-0.2, -0.15) is 5.10 Å². The largest absolute Gasteiger partial charge is 0.508 e. The van der Waals surface area contributed by atoms with Crippen molar-refractivity contribution in [3.05, 3.63) is 42.0 Å². The number of phenols is 1. The molecule has 2 rings (SSSR count). The third-order valence-electron chi connectivity index (χ3n) is 2.20. The topological polar surface area (TPSA) is 63.0 Å². The Morgan fingerprint density at radius 3 is 2.62 bits per heavy atom. The number of aromatic hydroxyl groups is 1. The number of phenolic OH excluding ortho intramolecular Hbond substituents is 1. The summed E-state index contributed by atoms with van der Waals surface area (Å²) in [6.07, 6.45) is 1.68. The highest BCUT2D eigenvalue weighted by Gasteiger charge is 1.98. The molecule has 0 aliphatic carbocycles. The predicted octanol–water partition coefficient (Wildman–Crippen LogP) is 0.810. The van der Waals surface area contributed by atoms with E-state index in [1.54, 1.807) is 23.1 Å². The molecule has 0 bridgehead atoms. The molecule has 1 aromatic heterocycles. The molecule has 0 atom stereocenters. The highest BCUT2D eigenvalue weighted by molar-refractivity contribution is 5.25.